The average Bonchev–Trinajstić information content (AvgIpc) is 2.61. The normalized spacial score (nSPS) is 12.4. The Morgan fingerprint density at radius 2 is 1.16 bits per heavy atom. The zero-order valence-electron chi connectivity index (χ0n) is 15.8. The van der Waals surface area contributed by atoms with Gasteiger partial charge in [0.05, 0.1) is 0 Å². The van der Waals surface area contributed by atoms with Crippen LogP contribution in [-0.4, -0.2) is 34.5 Å². The molecule has 2 rings (SSSR count). The smallest absolute Gasteiger partial charge is 0.142 e. The maximum Gasteiger partial charge on any atom is 0.142 e. The Balaban J connectivity index is 2.41. The summed E-state index contributed by atoms with van der Waals surface area (Å²) in [6.07, 6.45) is 4.43. The molecule has 2 aromatic rings. The Morgan fingerprint density at radius 1 is 0.760 bits per heavy atom. The van der Waals surface area contributed by atoms with Gasteiger partial charge in [-0.1, -0.05) is 37.3 Å². The fourth-order valence-corrected chi connectivity index (χ4v) is 3.09. The average molecular weight is 336 g/mol. The van der Waals surface area contributed by atoms with E-state index in [1.54, 1.807) is 6.08 Å². The molecule has 2 aromatic carbocycles. The first-order valence-electron chi connectivity index (χ1n) is 8.60. The molecule has 25 heavy (non-hydrogen) atoms. The summed E-state index contributed by atoms with van der Waals surface area (Å²) in [4.78, 5) is 14.9. The van der Waals surface area contributed by atoms with Crippen molar-refractivity contribution in [1.29, 1.82) is 0 Å². The Morgan fingerprint density at radius 3 is 1.48 bits per heavy atom. The van der Waals surface area contributed by atoms with E-state index in [0.717, 1.165) is 6.29 Å². The summed E-state index contributed by atoms with van der Waals surface area (Å²) < 4.78 is 0. The highest BCUT2D eigenvalue weighted by molar-refractivity contribution is 5.64. The maximum absolute atomic E-state index is 10.7. The van der Waals surface area contributed by atoms with Crippen LogP contribution >= 0.6 is 0 Å². The molecule has 0 saturated carbocycles. The third-order valence-corrected chi connectivity index (χ3v) is 4.56. The van der Waals surface area contributed by atoms with Crippen LogP contribution in [0.1, 0.15) is 24.0 Å². The van der Waals surface area contributed by atoms with E-state index in [1.165, 1.54) is 22.5 Å². The number of benzene rings is 2. The van der Waals surface area contributed by atoms with Gasteiger partial charge in [0.2, 0.25) is 0 Å². The number of hydrogen-bond donors (Lipinski definition) is 0. The van der Waals surface area contributed by atoms with Crippen molar-refractivity contribution in [2.24, 2.45) is 5.92 Å². The van der Waals surface area contributed by atoms with Crippen molar-refractivity contribution < 1.29 is 4.79 Å². The van der Waals surface area contributed by atoms with Crippen LogP contribution in [0.2, 0.25) is 0 Å². The van der Waals surface area contributed by atoms with Crippen LogP contribution < -0.4 is 9.80 Å². The van der Waals surface area contributed by atoms with Crippen molar-refractivity contribution in [2.45, 2.75) is 12.8 Å². The highest BCUT2D eigenvalue weighted by Crippen LogP contribution is 2.34. The summed E-state index contributed by atoms with van der Waals surface area (Å²) in [6, 6.07) is 17.3. The lowest BCUT2D eigenvalue weighted by atomic mass is 9.81. The van der Waals surface area contributed by atoms with E-state index in [1.807, 2.05) is 34.3 Å². The van der Waals surface area contributed by atoms with Crippen LogP contribution in [0.5, 0.6) is 0 Å². The third-order valence-electron chi connectivity index (χ3n) is 4.56. The van der Waals surface area contributed by atoms with E-state index < -0.39 is 0 Å². The first-order chi connectivity index (χ1) is 11.9. The second-order valence-electron chi connectivity index (χ2n) is 6.83. The minimum atomic E-state index is 0.212. The lowest BCUT2D eigenvalue weighted by Crippen LogP contribution is -2.12. The molecule has 0 heterocycles. The van der Waals surface area contributed by atoms with Gasteiger partial charge in [-0.25, -0.2) is 0 Å². The maximum atomic E-state index is 10.7. The molecule has 3 nitrogen and oxygen atoms in total. The quantitative estimate of drug-likeness (QED) is 0.555. The topological polar surface area (TPSA) is 23.6 Å². The molecule has 0 aliphatic rings. The fourth-order valence-electron chi connectivity index (χ4n) is 3.09. The molecule has 0 aliphatic heterocycles. The molecular weight excluding hydrogens is 308 g/mol. The van der Waals surface area contributed by atoms with Crippen LogP contribution in [0.3, 0.4) is 0 Å². The van der Waals surface area contributed by atoms with Crippen LogP contribution in [-0.2, 0) is 4.79 Å². The molecule has 0 bridgehead atoms. The number of carbonyl (C=O) groups is 1. The van der Waals surface area contributed by atoms with Gasteiger partial charge in [-0.2, -0.15) is 0 Å². The minimum Gasteiger partial charge on any atom is -0.378 e. The van der Waals surface area contributed by atoms with Crippen LogP contribution in [0.4, 0.5) is 11.4 Å². The first-order valence-corrected chi connectivity index (χ1v) is 8.60. The Labute approximate surface area is 151 Å². The molecule has 132 valence electrons. The zero-order chi connectivity index (χ0) is 18.4. The molecule has 0 amide bonds. The molecular formula is C22H28N2O. The second-order valence-corrected chi connectivity index (χ2v) is 6.83. The van der Waals surface area contributed by atoms with Crippen LogP contribution in [0, 0.1) is 5.92 Å². The van der Waals surface area contributed by atoms with Gasteiger partial charge >= 0.3 is 0 Å². The fraction of sp³-hybridized carbons (Fsp3) is 0.318. The van der Waals surface area contributed by atoms with Crippen molar-refractivity contribution >= 4 is 17.7 Å². The predicted octanol–water partition coefficient (Wildman–Crippen LogP) is 4.34. The van der Waals surface area contributed by atoms with Crippen molar-refractivity contribution in [2.75, 3.05) is 38.0 Å². The number of nitrogens with zero attached hydrogens (tertiary/aromatic N) is 2. The molecule has 0 N–H and O–H groups in total. The number of anilines is 2. The number of aldehydes is 1. The number of rotatable bonds is 7. The third kappa shape index (κ3) is 4.72. The summed E-state index contributed by atoms with van der Waals surface area (Å²) in [5.41, 5.74) is 4.88. The van der Waals surface area contributed by atoms with Crippen molar-refractivity contribution in [3.05, 3.63) is 71.8 Å². The molecule has 0 spiro atoms. The van der Waals surface area contributed by atoms with E-state index in [9.17, 15) is 4.79 Å². The molecule has 0 fully saturated rings. The molecule has 3 heteroatoms. The van der Waals surface area contributed by atoms with E-state index >= 15 is 0 Å². The zero-order valence-corrected chi connectivity index (χ0v) is 15.8. The second kappa shape index (κ2) is 8.52. The van der Waals surface area contributed by atoms with Crippen molar-refractivity contribution in [3.8, 4) is 0 Å². The molecule has 0 radical (unpaired) electrons. The number of allylic oxidation sites excluding steroid dienone is 2. The summed E-state index contributed by atoms with van der Waals surface area (Å²) >= 11 is 0. The summed E-state index contributed by atoms with van der Waals surface area (Å²) in [5, 5.41) is 0. The Bertz CT molecular complexity index is 648. The molecule has 0 aromatic heterocycles. The molecule has 0 saturated heterocycles. The van der Waals surface area contributed by atoms with Crippen molar-refractivity contribution in [3.63, 3.8) is 0 Å². The highest BCUT2D eigenvalue weighted by Gasteiger charge is 2.20. The van der Waals surface area contributed by atoms with E-state index in [4.69, 9.17) is 0 Å². The molecule has 1 atom stereocenters. The monoisotopic (exact) mass is 336 g/mol. The SMILES string of the molecule is C[C@H](/C=C/C=O)C(c1ccc(N(C)C)cc1)c1ccc(N(C)C)cc1. The Hall–Kier alpha value is -2.55. The van der Waals surface area contributed by atoms with E-state index in [-0.39, 0.29) is 11.8 Å². The summed E-state index contributed by atoms with van der Waals surface area (Å²) in [6.45, 7) is 2.16. The standard InChI is InChI=1S/C22H28N2O/c1-17(7-6-16-25)22(18-8-12-20(13-9-18)23(2)3)19-10-14-21(15-11-19)24(4)5/h6-17,22H,1-5H3/b7-6+/t17-/m1/s1. The Kier molecular flexibility index (Phi) is 6.40. The summed E-state index contributed by atoms with van der Waals surface area (Å²) in [5.74, 6) is 0.434. The predicted molar refractivity (Wildman–Crippen MR) is 108 cm³/mol. The largest absolute Gasteiger partial charge is 0.378 e. The van der Waals surface area contributed by atoms with Gasteiger partial charge in [0, 0.05) is 45.5 Å². The number of carbonyl (C=O) groups excluding carboxylic acids is 1. The summed E-state index contributed by atoms with van der Waals surface area (Å²) in [7, 11) is 8.17. The van der Waals surface area contributed by atoms with E-state index in [2.05, 4.69) is 65.3 Å². The first kappa shape index (κ1) is 18.8. The van der Waals surface area contributed by atoms with Gasteiger partial charge in [-0.05, 0) is 47.4 Å². The van der Waals surface area contributed by atoms with Gasteiger partial charge in [0.15, 0.2) is 0 Å². The molecule has 0 unspecified atom stereocenters. The van der Waals surface area contributed by atoms with E-state index in [0.29, 0.717) is 0 Å². The number of hydrogen-bond acceptors (Lipinski definition) is 3. The van der Waals surface area contributed by atoms with Gasteiger partial charge in [0.1, 0.15) is 6.29 Å². The molecule has 0 aliphatic carbocycles. The van der Waals surface area contributed by atoms with Gasteiger partial charge < -0.3 is 9.80 Å². The van der Waals surface area contributed by atoms with Crippen LogP contribution in [0.25, 0.3) is 0 Å². The lowest BCUT2D eigenvalue weighted by molar-refractivity contribution is -0.104. The van der Waals surface area contributed by atoms with Gasteiger partial charge in [-0.15, -0.1) is 0 Å². The minimum absolute atomic E-state index is 0.212. The van der Waals surface area contributed by atoms with Crippen LogP contribution in [0.15, 0.2) is 60.7 Å². The lowest BCUT2D eigenvalue weighted by Gasteiger charge is -2.24. The van der Waals surface area contributed by atoms with Crippen molar-refractivity contribution in [1.82, 2.24) is 0 Å². The highest BCUT2D eigenvalue weighted by atomic mass is 16.1. The van der Waals surface area contributed by atoms with Gasteiger partial charge in [0.25, 0.3) is 0 Å². The van der Waals surface area contributed by atoms with Gasteiger partial charge in [-0.3, -0.25) is 4.79 Å².